The van der Waals surface area contributed by atoms with Crippen molar-refractivity contribution in [3.63, 3.8) is 0 Å². The van der Waals surface area contributed by atoms with Crippen LogP contribution in [0.15, 0.2) is 44.4 Å². The van der Waals surface area contributed by atoms with Crippen molar-refractivity contribution >= 4 is 34.2 Å². The highest BCUT2D eigenvalue weighted by Crippen LogP contribution is 2.24. The van der Waals surface area contributed by atoms with Crippen LogP contribution in [0, 0.1) is 0 Å². The second-order valence-corrected chi connectivity index (χ2v) is 4.25. The van der Waals surface area contributed by atoms with Crippen LogP contribution in [-0.4, -0.2) is 25.0 Å². The fraction of sp³-hybridized carbons (Fsp3) is 0.0833. The summed E-state index contributed by atoms with van der Waals surface area (Å²) in [4.78, 5) is 19.5. The van der Waals surface area contributed by atoms with Gasteiger partial charge in [0.25, 0.3) is 0 Å². The van der Waals surface area contributed by atoms with Gasteiger partial charge in [0.2, 0.25) is 0 Å². The first-order chi connectivity index (χ1) is 9.20. The van der Waals surface area contributed by atoms with Crippen LogP contribution >= 0.6 is 11.3 Å². The molecule has 0 radical (unpaired) electrons. The van der Waals surface area contributed by atoms with Crippen LogP contribution in [0.25, 0.3) is 0 Å². The number of aliphatic carboxylic acids is 1. The van der Waals surface area contributed by atoms with E-state index in [0.29, 0.717) is 16.3 Å². The van der Waals surface area contributed by atoms with E-state index in [2.05, 4.69) is 15.0 Å². The van der Waals surface area contributed by atoms with Crippen LogP contribution < -0.4 is 5.11 Å². The minimum absolute atomic E-state index is 0.266. The molecule has 0 saturated carbocycles. The first-order valence-electron chi connectivity index (χ1n) is 5.19. The quantitative estimate of drug-likeness (QED) is 0.606. The number of furan rings is 1. The number of nitrogens with zero attached hydrogens (tertiary/aromatic N) is 2. The molecule has 2 aromatic heterocycles. The molecule has 98 valence electrons. The van der Waals surface area contributed by atoms with E-state index in [1.165, 1.54) is 18.4 Å². The zero-order valence-electron chi connectivity index (χ0n) is 9.90. The molecule has 0 unspecified atom stereocenters. The molecule has 0 amide bonds. The van der Waals surface area contributed by atoms with Crippen molar-refractivity contribution in [1.82, 2.24) is 0 Å². The molecule has 7 heteroatoms. The molecule has 0 aliphatic heterocycles. The van der Waals surface area contributed by atoms with Crippen LogP contribution in [0.1, 0.15) is 11.3 Å². The molecular weight excluding hydrogens is 268 g/mol. The number of oxime groups is 1. The van der Waals surface area contributed by atoms with Crippen molar-refractivity contribution in [2.75, 3.05) is 7.11 Å². The lowest BCUT2D eigenvalue weighted by Crippen LogP contribution is -2.32. The van der Waals surface area contributed by atoms with E-state index < -0.39 is 5.97 Å². The number of carboxylic acids is 1. The van der Waals surface area contributed by atoms with Crippen LogP contribution in [0.5, 0.6) is 0 Å². The van der Waals surface area contributed by atoms with Crippen LogP contribution in [0.3, 0.4) is 0 Å². The lowest BCUT2D eigenvalue weighted by molar-refractivity contribution is -0.294. The Morgan fingerprint density at radius 1 is 1.58 bits per heavy atom. The Labute approximate surface area is 112 Å². The number of hydrogen-bond acceptors (Lipinski definition) is 7. The Balaban J connectivity index is 2.19. The average Bonchev–Trinajstić information content (AvgIpc) is 3.04. The molecule has 0 spiro atoms. The van der Waals surface area contributed by atoms with Crippen molar-refractivity contribution in [2.45, 2.75) is 0 Å². The highest BCUT2D eigenvalue weighted by Gasteiger charge is 2.08. The first-order valence-corrected chi connectivity index (χ1v) is 6.07. The predicted octanol–water partition coefficient (Wildman–Crippen LogP) is 1.19. The molecule has 0 aromatic carbocycles. The van der Waals surface area contributed by atoms with Gasteiger partial charge in [-0.25, -0.2) is 4.99 Å². The van der Waals surface area contributed by atoms with Crippen LogP contribution in [0.2, 0.25) is 0 Å². The van der Waals surface area contributed by atoms with E-state index >= 15 is 0 Å². The van der Waals surface area contributed by atoms with Gasteiger partial charge < -0.3 is 19.2 Å². The van der Waals surface area contributed by atoms with Gasteiger partial charge in [0.1, 0.15) is 23.6 Å². The van der Waals surface area contributed by atoms with Gasteiger partial charge in [0.05, 0.1) is 18.4 Å². The van der Waals surface area contributed by atoms with Crippen LogP contribution in [-0.2, 0) is 9.63 Å². The lowest BCUT2D eigenvalue weighted by atomic mass is 10.2. The van der Waals surface area contributed by atoms with Gasteiger partial charge in [0, 0.05) is 10.9 Å². The topological polar surface area (TPSA) is 87.2 Å². The number of carbonyl (C=O) groups excluding carboxylic acids is 1. The summed E-state index contributed by atoms with van der Waals surface area (Å²) < 4.78 is 5.09. The molecule has 2 heterocycles. The summed E-state index contributed by atoms with van der Waals surface area (Å²) in [6.45, 7) is 0. The molecule has 0 fully saturated rings. The number of carboxylic acid groups (broad SMARTS) is 1. The highest BCUT2D eigenvalue weighted by molar-refractivity contribution is 7.14. The molecule has 6 nitrogen and oxygen atoms in total. The molecule has 0 aliphatic carbocycles. The second kappa shape index (κ2) is 5.96. The lowest BCUT2D eigenvalue weighted by Gasteiger charge is -2.02. The smallest absolute Gasteiger partial charge is 0.144 e. The van der Waals surface area contributed by atoms with Crippen molar-refractivity contribution in [2.24, 2.45) is 10.1 Å². The maximum Gasteiger partial charge on any atom is 0.144 e. The summed E-state index contributed by atoms with van der Waals surface area (Å²) >= 11 is 1.28. The maximum atomic E-state index is 10.9. The molecule has 0 aliphatic rings. The Bertz CT molecular complexity index is 613. The molecule has 0 saturated heterocycles. The largest absolute Gasteiger partial charge is 0.543 e. The number of rotatable bonds is 5. The van der Waals surface area contributed by atoms with Crippen LogP contribution in [0.4, 0.5) is 5.00 Å². The fourth-order valence-corrected chi connectivity index (χ4v) is 2.04. The van der Waals surface area contributed by atoms with Crippen molar-refractivity contribution in [3.8, 4) is 0 Å². The van der Waals surface area contributed by atoms with Gasteiger partial charge in [-0.15, -0.1) is 11.3 Å². The van der Waals surface area contributed by atoms with Gasteiger partial charge in [-0.1, -0.05) is 5.16 Å². The Hall–Kier alpha value is -2.41. The van der Waals surface area contributed by atoms with Crippen molar-refractivity contribution in [1.29, 1.82) is 0 Å². The zero-order chi connectivity index (χ0) is 13.7. The number of carbonyl (C=O) groups is 1. The highest BCUT2D eigenvalue weighted by atomic mass is 32.1. The standard InChI is InChI=1S/C12H10N2O4S/c1-17-14-11(12(15)16)8-5-10(19-7-8)13-6-9-3-2-4-18-9/h2-7H,1H3,(H,15,16)/p-1/b13-6?,14-11-. The third kappa shape index (κ3) is 3.29. The first kappa shape index (κ1) is 13.0. The maximum absolute atomic E-state index is 10.9. The van der Waals surface area contributed by atoms with E-state index in [0.717, 1.165) is 0 Å². The number of thiophene rings is 1. The molecule has 2 aromatic rings. The molecule has 0 N–H and O–H groups in total. The molecule has 0 bridgehead atoms. The molecule has 2 rings (SSSR count). The average molecular weight is 277 g/mol. The fourth-order valence-electron chi connectivity index (χ4n) is 1.31. The van der Waals surface area contributed by atoms with E-state index in [1.54, 1.807) is 36.1 Å². The van der Waals surface area contributed by atoms with Gasteiger partial charge in [-0.3, -0.25) is 0 Å². The minimum Gasteiger partial charge on any atom is -0.543 e. The molecule has 0 atom stereocenters. The molecule has 19 heavy (non-hydrogen) atoms. The van der Waals surface area contributed by atoms with E-state index in [1.807, 2.05) is 0 Å². The summed E-state index contributed by atoms with van der Waals surface area (Å²) in [7, 11) is 1.27. The second-order valence-electron chi connectivity index (χ2n) is 3.36. The summed E-state index contributed by atoms with van der Waals surface area (Å²) in [5.74, 6) is -0.790. The third-order valence-corrected chi connectivity index (χ3v) is 2.93. The monoisotopic (exact) mass is 277 g/mol. The van der Waals surface area contributed by atoms with E-state index in [4.69, 9.17) is 4.42 Å². The summed E-state index contributed by atoms with van der Waals surface area (Å²) in [6, 6.07) is 5.09. The Kier molecular flexibility index (Phi) is 4.09. The minimum atomic E-state index is -1.40. The Morgan fingerprint density at radius 2 is 2.42 bits per heavy atom. The zero-order valence-corrected chi connectivity index (χ0v) is 10.7. The van der Waals surface area contributed by atoms with Gasteiger partial charge in [-0.05, 0) is 18.2 Å². The van der Waals surface area contributed by atoms with E-state index in [9.17, 15) is 9.90 Å². The van der Waals surface area contributed by atoms with Gasteiger partial charge in [-0.2, -0.15) is 0 Å². The molecular formula is C12H9N2O4S-. The summed E-state index contributed by atoms with van der Waals surface area (Å²) in [6.07, 6.45) is 3.09. The SMILES string of the molecule is CO/N=C(\C(=O)[O-])c1csc(N=Cc2ccco2)c1. The number of hydrogen-bond donors (Lipinski definition) is 0. The van der Waals surface area contributed by atoms with Gasteiger partial charge in [0.15, 0.2) is 0 Å². The normalized spacial score (nSPS) is 11.9. The van der Waals surface area contributed by atoms with Crippen molar-refractivity contribution < 1.29 is 19.2 Å². The summed E-state index contributed by atoms with van der Waals surface area (Å²) in [5.41, 5.74) is 0.122. The predicted molar refractivity (Wildman–Crippen MR) is 68.8 cm³/mol. The van der Waals surface area contributed by atoms with E-state index in [-0.39, 0.29) is 5.71 Å². The number of aliphatic imine (C=N–C) groups is 1. The van der Waals surface area contributed by atoms with Gasteiger partial charge >= 0.3 is 0 Å². The van der Waals surface area contributed by atoms with Crippen molar-refractivity contribution in [3.05, 3.63) is 41.2 Å². The third-order valence-electron chi connectivity index (χ3n) is 2.10. The summed E-state index contributed by atoms with van der Waals surface area (Å²) in [5, 5.41) is 16.5. The Morgan fingerprint density at radius 3 is 3.05 bits per heavy atom.